The normalized spacial score (nSPS) is 13.2. The number of rotatable bonds is 8. The Morgan fingerprint density at radius 3 is 1.98 bits per heavy atom. The number of nitrogens with zero attached hydrogens (tertiary/aromatic N) is 6. The summed E-state index contributed by atoms with van der Waals surface area (Å²) >= 11 is 18.4. The molecule has 266 valence electrons. The lowest BCUT2D eigenvalue weighted by atomic mass is 10.0. The number of fused-ring (bicyclic) bond motifs is 1. The van der Waals surface area contributed by atoms with E-state index in [1.807, 2.05) is 12.1 Å². The van der Waals surface area contributed by atoms with Crippen molar-refractivity contribution in [2.75, 3.05) is 16.9 Å². The van der Waals surface area contributed by atoms with Gasteiger partial charge in [-0.2, -0.15) is 4.98 Å². The maximum absolute atomic E-state index is 14.0. The lowest BCUT2D eigenvalue weighted by molar-refractivity contribution is -0.120. The third-order valence-corrected chi connectivity index (χ3v) is 9.59. The number of hydrogen-bond donors (Lipinski definition) is 0. The third kappa shape index (κ3) is 6.39. The summed E-state index contributed by atoms with van der Waals surface area (Å²) in [6, 6.07) is 27.4. The number of hydrogen-bond acceptors (Lipinski definition) is 8. The van der Waals surface area contributed by atoms with Gasteiger partial charge >= 0.3 is 11.7 Å². The molecule has 0 unspecified atom stereocenters. The second-order valence-electron chi connectivity index (χ2n) is 11.9. The van der Waals surface area contributed by atoms with Gasteiger partial charge in [0.25, 0.3) is 17.4 Å². The molecule has 0 N–H and O–H groups in total. The summed E-state index contributed by atoms with van der Waals surface area (Å²) in [6.45, 7) is 0.0453. The number of ether oxygens (including phenoxy) is 2. The Morgan fingerprint density at radius 1 is 0.774 bits per heavy atom. The zero-order chi connectivity index (χ0) is 37.6. The van der Waals surface area contributed by atoms with Gasteiger partial charge in [0.15, 0.2) is 27.8 Å². The highest BCUT2D eigenvalue weighted by molar-refractivity contribution is 7.81. The highest BCUT2D eigenvalue weighted by Crippen LogP contribution is 2.36. The Morgan fingerprint density at radius 2 is 1.40 bits per heavy atom. The third-order valence-electron chi connectivity index (χ3n) is 8.63. The number of carbonyl (C=O) groups is 2. The average molecular weight is 768 g/mol. The number of thiocarbonyl (C=S) groups is 1. The number of halogens is 2. The fraction of sp³-hybridized carbons (Fsp3) is 0.105. The van der Waals surface area contributed by atoms with Crippen molar-refractivity contribution >= 4 is 81.0 Å². The van der Waals surface area contributed by atoms with Crippen molar-refractivity contribution in [3.05, 3.63) is 145 Å². The molecule has 4 aromatic carbocycles. The zero-order valence-electron chi connectivity index (χ0n) is 28.3. The molecule has 1 aliphatic heterocycles. The number of aromatic nitrogens is 4. The number of anilines is 2. The van der Waals surface area contributed by atoms with Crippen LogP contribution in [0.2, 0.25) is 10.0 Å². The molecule has 0 saturated carbocycles. The number of amides is 2. The van der Waals surface area contributed by atoms with Crippen LogP contribution in [0, 0.1) is 0 Å². The van der Waals surface area contributed by atoms with Crippen LogP contribution >= 0.6 is 35.4 Å². The molecule has 53 heavy (non-hydrogen) atoms. The standard InChI is InChI=1S/C38H28Cl2N6O6S/c1-42-32-31(35(49)43(2)37(42)50)44(21-23-15-16-24(39)20-28(23)40)36(41-32)52-29-17-14-22(19-30(29)51-3)18-27-33(47)45(25-10-6-4-7-11-25)38(53)46(34(27)48)26-12-8-5-9-13-26/h4-20H,21H2,1-3H3. The smallest absolute Gasteiger partial charge is 0.332 e. The molecule has 2 aromatic heterocycles. The summed E-state index contributed by atoms with van der Waals surface area (Å²) in [5.74, 6) is -0.788. The Labute approximate surface area is 317 Å². The molecule has 0 atom stereocenters. The number of methoxy groups -OCH3 is 1. The first-order valence-electron chi connectivity index (χ1n) is 16.0. The Hall–Kier alpha value is -6.02. The van der Waals surface area contributed by atoms with Crippen molar-refractivity contribution in [3.8, 4) is 17.5 Å². The van der Waals surface area contributed by atoms with E-state index in [2.05, 4.69) is 4.98 Å². The molecule has 0 aliphatic carbocycles. The molecule has 1 fully saturated rings. The van der Waals surface area contributed by atoms with Gasteiger partial charge in [0.2, 0.25) is 0 Å². The molecule has 6 aromatic rings. The molecule has 7 rings (SSSR count). The molecular weight excluding hydrogens is 739 g/mol. The van der Waals surface area contributed by atoms with Gasteiger partial charge in [-0.1, -0.05) is 71.7 Å². The fourth-order valence-electron chi connectivity index (χ4n) is 5.93. The van der Waals surface area contributed by atoms with Crippen molar-refractivity contribution in [1.82, 2.24) is 18.7 Å². The summed E-state index contributed by atoms with van der Waals surface area (Å²) in [5, 5.41) is 0.806. The Balaban J connectivity index is 1.31. The van der Waals surface area contributed by atoms with E-state index < -0.39 is 23.1 Å². The first-order chi connectivity index (χ1) is 25.5. The van der Waals surface area contributed by atoms with E-state index in [1.165, 1.54) is 46.2 Å². The minimum absolute atomic E-state index is 0.0194. The summed E-state index contributed by atoms with van der Waals surface area (Å²) in [4.78, 5) is 61.4. The van der Waals surface area contributed by atoms with Crippen LogP contribution in [0.4, 0.5) is 11.4 Å². The molecule has 15 heteroatoms. The first-order valence-corrected chi connectivity index (χ1v) is 17.2. The maximum Gasteiger partial charge on any atom is 0.332 e. The van der Waals surface area contributed by atoms with Gasteiger partial charge in [0.1, 0.15) is 5.57 Å². The predicted octanol–water partition coefficient (Wildman–Crippen LogP) is 6.34. The number of benzene rings is 4. The monoisotopic (exact) mass is 766 g/mol. The second kappa shape index (κ2) is 14.2. The molecule has 2 amide bonds. The highest BCUT2D eigenvalue weighted by Gasteiger charge is 2.41. The van der Waals surface area contributed by atoms with Gasteiger partial charge in [0.05, 0.1) is 25.0 Å². The van der Waals surface area contributed by atoms with Crippen LogP contribution in [0.3, 0.4) is 0 Å². The minimum atomic E-state index is -0.598. The van der Waals surface area contributed by atoms with Gasteiger partial charge in [0, 0.05) is 24.1 Å². The van der Waals surface area contributed by atoms with Crippen LogP contribution in [-0.2, 0) is 30.2 Å². The lowest BCUT2D eigenvalue weighted by Crippen LogP contribution is -2.56. The van der Waals surface area contributed by atoms with Crippen LogP contribution in [0.15, 0.2) is 112 Å². The summed E-state index contributed by atoms with van der Waals surface area (Å²) < 4.78 is 15.7. The van der Waals surface area contributed by atoms with Gasteiger partial charge in [-0.3, -0.25) is 37.9 Å². The van der Waals surface area contributed by atoms with E-state index in [9.17, 15) is 19.2 Å². The van der Waals surface area contributed by atoms with Crippen molar-refractivity contribution in [1.29, 1.82) is 0 Å². The second-order valence-corrected chi connectivity index (χ2v) is 13.1. The molecule has 0 spiro atoms. The lowest BCUT2D eigenvalue weighted by Gasteiger charge is -2.36. The number of carbonyl (C=O) groups excluding carboxylic acids is 2. The quantitative estimate of drug-likeness (QED) is 0.100. The van der Waals surface area contributed by atoms with Crippen molar-refractivity contribution in [2.45, 2.75) is 6.54 Å². The van der Waals surface area contributed by atoms with E-state index in [-0.39, 0.29) is 45.9 Å². The Bertz CT molecular complexity index is 2560. The summed E-state index contributed by atoms with van der Waals surface area (Å²) in [5.41, 5.74) is 0.961. The SMILES string of the molecule is COc1cc(C=C2C(=O)N(c3ccccc3)C(=S)N(c3ccccc3)C2=O)ccc1Oc1nc2c(c(=O)n(C)c(=O)n2C)n1Cc1ccc(Cl)cc1Cl. The Kier molecular flexibility index (Phi) is 9.47. The van der Waals surface area contributed by atoms with Crippen molar-refractivity contribution in [2.24, 2.45) is 14.1 Å². The molecule has 0 radical (unpaired) electrons. The largest absolute Gasteiger partial charge is 0.493 e. The zero-order valence-corrected chi connectivity index (χ0v) is 30.6. The molecular formula is C38H28Cl2N6O6S. The van der Waals surface area contributed by atoms with Crippen molar-refractivity contribution in [3.63, 3.8) is 0 Å². The molecule has 1 aliphatic rings. The van der Waals surface area contributed by atoms with E-state index in [1.54, 1.807) is 84.9 Å². The van der Waals surface area contributed by atoms with Gasteiger partial charge < -0.3 is 9.47 Å². The molecule has 1 saturated heterocycles. The minimum Gasteiger partial charge on any atom is -0.493 e. The molecule has 12 nitrogen and oxygen atoms in total. The van der Waals surface area contributed by atoms with E-state index in [4.69, 9.17) is 44.9 Å². The van der Waals surface area contributed by atoms with Gasteiger partial charge in [-0.05, 0) is 78.0 Å². The number of para-hydroxylation sites is 2. The molecule has 0 bridgehead atoms. The topological polar surface area (TPSA) is 121 Å². The van der Waals surface area contributed by atoms with E-state index in [0.717, 1.165) is 4.57 Å². The number of imidazole rings is 1. The molecule has 3 heterocycles. The maximum atomic E-state index is 14.0. The van der Waals surface area contributed by atoms with Crippen LogP contribution in [-0.4, -0.2) is 42.7 Å². The van der Waals surface area contributed by atoms with Crippen LogP contribution < -0.4 is 30.5 Å². The van der Waals surface area contributed by atoms with E-state index in [0.29, 0.717) is 32.5 Å². The van der Waals surface area contributed by atoms with Crippen LogP contribution in [0.25, 0.3) is 17.2 Å². The van der Waals surface area contributed by atoms with Gasteiger partial charge in [-0.25, -0.2) is 4.79 Å². The first kappa shape index (κ1) is 35.4. The fourth-order valence-corrected chi connectivity index (χ4v) is 6.78. The highest BCUT2D eigenvalue weighted by atomic mass is 35.5. The number of aryl methyl sites for hydroxylation is 1. The summed E-state index contributed by atoms with van der Waals surface area (Å²) in [6.07, 6.45) is 1.46. The van der Waals surface area contributed by atoms with Crippen LogP contribution in [0.5, 0.6) is 17.5 Å². The van der Waals surface area contributed by atoms with Crippen molar-refractivity contribution < 1.29 is 19.1 Å². The van der Waals surface area contributed by atoms with Gasteiger partial charge in [-0.15, -0.1) is 0 Å². The summed E-state index contributed by atoms with van der Waals surface area (Å²) in [7, 11) is 4.31. The van der Waals surface area contributed by atoms with E-state index >= 15 is 0 Å². The average Bonchev–Trinajstić information content (AvgIpc) is 3.51. The predicted molar refractivity (Wildman–Crippen MR) is 207 cm³/mol. The van der Waals surface area contributed by atoms with Crippen LogP contribution in [0.1, 0.15) is 11.1 Å².